The Bertz CT molecular complexity index is 3010. The highest BCUT2D eigenvalue weighted by Gasteiger charge is 2.36. The Morgan fingerprint density at radius 1 is 0.514 bits per heavy atom. The third kappa shape index (κ3) is 12.6. The molecular weight excluding hydrogens is 970 g/mol. The monoisotopic (exact) mass is 1030 g/mol. The van der Waals surface area contributed by atoms with E-state index in [1.165, 1.54) is 69.2 Å². The number of piperidine rings is 2. The molecule has 3 N–H and O–H groups in total. The van der Waals surface area contributed by atoms with Crippen LogP contribution in [0.25, 0.3) is 21.5 Å². The first-order valence-electron chi connectivity index (χ1n) is 23.4. The van der Waals surface area contributed by atoms with Crippen molar-refractivity contribution in [1.29, 1.82) is 0 Å². The number of rotatable bonds is 6. The van der Waals surface area contributed by atoms with Gasteiger partial charge in [0.05, 0.1) is 43.7 Å². The van der Waals surface area contributed by atoms with Crippen molar-refractivity contribution in [2.75, 3.05) is 46.4 Å². The number of sulfonamides is 1. The lowest BCUT2D eigenvalue weighted by molar-refractivity contribution is -0.138. The number of hydrogen-bond donors (Lipinski definition) is 2. The largest absolute Gasteiger partial charge is 0.416 e. The molecule has 2 heterocycles. The molecular formula is C53H59ClF6N4O4S2. The lowest BCUT2D eigenvalue weighted by Crippen LogP contribution is -2.42. The molecule has 0 aromatic heterocycles. The van der Waals surface area contributed by atoms with Crippen LogP contribution in [0.15, 0.2) is 131 Å². The van der Waals surface area contributed by atoms with Crippen molar-refractivity contribution in [3.8, 4) is 0 Å². The van der Waals surface area contributed by atoms with Crippen LogP contribution in [0.3, 0.4) is 0 Å². The number of nitrogens with zero attached hydrogens (tertiary/aromatic N) is 2. The summed E-state index contributed by atoms with van der Waals surface area (Å²) in [7, 11) is -2.49. The van der Waals surface area contributed by atoms with Gasteiger partial charge in [0.15, 0.2) is 0 Å². The van der Waals surface area contributed by atoms with Gasteiger partial charge >= 0.3 is 12.4 Å². The van der Waals surface area contributed by atoms with Crippen LogP contribution in [0.5, 0.6) is 0 Å². The molecule has 6 aromatic rings. The third-order valence-corrected chi connectivity index (χ3v) is 16.9. The van der Waals surface area contributed by atoms with Crippen molar-refractivity contribution in [2.24, 2.45) is 23.7 Å². The number of nitrogens with two attached hydrogens (primary N) is 1. The number of hydrogen-bond acceptors (Lipinski definition) is 7. The molecule has 0 unspecified atom stereocenters. The molecule has 4 aliphatic rings. The smallest absolute Gasteiger partial charge is 0.397 e. The fourth-order valence-corrected chi connectivity index (χ4v) is 12.5. The summed E-state index contributed by atoms with van der Waals surface area (Å²) >= 11 is 0. The van der Waals surface area contributed by atoms with E-state index in [1.54, 1.807) is 30.3 Å². The summed E-state index contributed by atoms with van der Waals surface area (Å²) in [4.78, 5) is 4.37. The van der Waals surface area contributed by atoms with Crippen LogP contribution in [-0.4, -0.2) is 43.0 Å². The van der Waals surface area contributed by atoms with E-state index in [-0.39, 0.29) is 28.6 Å². The van der Waals surface area contributed by atoms with Gasteiger partial charge in [0.1, 0.15) is 0 Å². The molecule has 8 nitrogen and oxygen atoms in total. The van der Waals surface area contributed by atoms with E-state index < -0.39 is 42.6 Å². The lowest BCUT2D eigenvalue weighted by Gasteiger charge is -2.42. The Morgan fingerprint density at radius 3 is 1.43 bits per heavy atom. The number of anilines is 4. The Kier molecular flexibility index (Phi) is 16.3. The van der Waals surface area contributed by atoms with Crippen LogP contribution >= 0.6 is 10.7 Å². The highest BCUT2D eigenvalue weighted by molar-refractivity contribution is 8.13. The van der Waals surface area contributed by atoms with Gasteiger partial charge in [-0.15, -0.1) is 0 Å². The number of benzene rings is 6. The van der Waals surface area contributed by atoms with Gasteiger partial charge in [-0.3, -0.25) is 4.72 Å². The van der Waals surface area contributed by atoms with E-state index in [9.17, 15) is 43.2 Å². The van der Waals surface area contributed by atoms with E-state index in [0.717, 1.165) is 96.3 Å². The molecule has 0 spiro atoms. The highest BCUT2D eigenvalue weighted by Crippen LogP contribution is 2.43. The van der Waals surface area contributed by atoms with Gasteiger partial charge in [-0.25, -0.2) is 16.8 Å². The minimum absolute atomic E-state index is 0. The molecule has 70 heavy (non-hydrogen) atoms. The van der Waals surface area contributed by atoms with Crippen molar-refractivity contribution in [3.63, 3.8) is 0 Å². The second-order valence-corrected chi connectivity index (χ2v) is 22.9. The van der Waals surface area contributed by atoms with E-state index in [1.807, 2.05) is 47.4 Å². The summed E-state index contributed by atoms with van der Waals surface area (Å²) in [6, 6.07) is 31.5. The molecule has 4 fully saturated rings. The predicted molar refractivity (Wildman–Crippen MR) is 270 cm³/mol. The summed E-state index contributed by atoms with van der Waals surface area (Å²) in [6.45, 7) is 3.27. The van der Waals surface area contributed by atoms with Crippen molar-refractivity contribution >= 4 is 74.1 Å². The number of alkyl halides is 6. The number of nitrogens with one attached hydrogen (secondary N) is 1. The zero-order chi connectivity index (χ0) is 49.1. The van der Waals surface area contributed by atoms with Crippen molar-refractivity contribution < 1.29 is 43.2 Å². The Labute approximate surface area is 411 Å². The van der Waals surface area contributed by atoms with Crippen LogP contribution in [-0.2, 0) is 31.4 Å². The summed E-state index contributed by atoms with van der Waals surface area (Å²) < 4.78 is 130. The topological polar surface area (TPSA) is 113 Å². The van der Waals surface area contributed by atoms with Crippen LogP contribution in [0, 0.1) is 23.7 Å². The maximum Gasteiger partial charge on any atom is 0.416 e. The van der Waals surface area contributed by atoms with Gasteiger partial charge in [0.2, 0.25) is 0 Å². The molecule has 2 aliphatic heterocycles. The molecule has 17 heteroatoms. The molecule has 376 valence electrons. The lowest BCUT2D eigenvalue weighted by atomic mass is 9.75. The summed E-state index contributed by atoms with van der Waals surface area (Å²) in [5.74, 6) is 2.62. The standard InChI is InChI=1S/C26H27F3N2O2S.C16H21F3N2.C10H7ClO2S.CH4/c27-26(28,29)22-10-12-25(31-14-13-19-6-2-4-8-21(19)17-31)24(16-22)30-34(32,33)23-11-9-18-5-1-3-7-20(18)15-23;17-16(18,19)13-5-6-15(14(20)9-13)21-8-7-11-3-1-2-4-12(11)10-21;11-14(12,13)10-6-5-8-3-1-2-4-9(8)7-10;/h1,3,5,7,9-12,15-16,19,21,30H,2,4,6,8,13-14,17H2;5-6,9,11-12H,1-4,7-8,10,20H2;1-7H;1H4/t19-,21-;11-,12-;;/m00../s1. The molecule has 0 amide bonds. The normalized spacial score (nSPS) is 20.7. The first-order chi connectivity index (χ1) is 32.7. The van der Waals surface area contributed by atoms with Crippen LogP contribution < -0.4 is 20.3 Å². The molecule has 10 rings (SSSR count). The first kappa shape index (κ1) is 52.6. The number of fused-ring (bicyclic) bond motifs is 4. The summed E-state index contributed by atoms with van der Waals surface area (Å²) in [5.41, 5.74) is 5.79. The minimum Gasteiger partial charge on any atom is -0.397 e. The third-order valence-electron chi connectivity index (χ3n) is 14.2. The van der Waals surface area contributed by atoms with Crippen molar-refractivity contribution in [3.05, 3.63) is 132 Å². The van der Waals surface area contributed by atoms with Gasteiger partial charge in [0.25, 0.3) is 19.1 Å². The molecule has 0 radical (unpaired) electrons. The zero-order valence-corrected chi connectivity index (χ0v) is 40.2. The quantitative estimate of drug-likeness (QED) is 0.0970. The SMILES string of the molecule is C.Nc1cc(C(F)(F)F)ccc1N1CC[C@@H]2CCCC[C@H]2C1.O=S(=O)(Cl)c1ccc2ccccc2c1.O=S(=O)(Nc1cc(C(F)(F)F)ccc1N1CC[C@@H]2CCCC[C@H]2C1)c1ccc2ccccc2c1. The highest BCUT2D eigenvalue weighted by atomic mass is 35.7. The predicted octanol–water partition coefficient (Wildman–Crippen LogP) is 14.4. The Morgan fingerprint density at radius 2 is 0.943 bits per heavy atom. The maximum absolute atomic E-state index is 13.5. The van der Waals surface area contributed by atoms with Gasteiger partial charge in [-0.05, 0) is 132 Å². The molecule has 4 atom stereocenters. The Hall–Kier alpha value is -5.19. The zero-order valence-electron chi connectivity index (χ0n) is 37.8. The molecule has 0 bridgehead atoms. The number of nitrogen functional groups attached to an aromatic ring is 1. The van der Waals surface area contributed by atoms with Crippen LogP contribution in [0.4, 0.5) is 49.1 Å². The van der Waals surface area contributed by atoms with Gasteiger partial charge in [0, 0.05) is 36.9 Å². The number of halogens is 7. The summed E-state index contributed by atoms with van der Waals surface area (Å²) in [5, 5.41) is 3.50. The van der Waals surface area contributed by atoms with E-state index in [4.69, 9.17) is 16.4 Å². The Balaban J connectivity index is 0.000000170. The average molecular weight is 1030 g/mol. The van der Waals surface area contributed by atoms with Gasteiger partial charge in [-0.2, -0.15) is 26.3 Å². The molecule has 6 aromatic carbocycles. The maximum atomic E-state index is 13.5. The second-order valence-electron chi connectivity index (χ2n) is 18.6. The average Bonchev–Trinajstić information content (AvgIpc) is 3.33. The van der Waals surface area contributed by atoms with Crippen molar-refractivity contribution in [1.82, 2.24) is 0 Å². The molecule has 2 aliphatic carbocycles. The van der Waals surface area contributed by atoms with E-state index >= 15 is 0 Å². The minimum atomic E-state index is -4.57. The summed E-state index contributed by atoms with van der Waals surface area (Å²) in [6.07, 6.45) is 3.06. The van der Waals surface area contributed by atoms with E-state index in [2.05, 4.69) is 9.62 Å². The van der Waals surface area contributed by atoms with Crippen LogP contribution in [0.1, 0.15) is 82.8 Å². The fraction of sp³-hybridized carbons (Fsp3) is 0.396. The molecule has 2 saturated carbocycles. The molecule has 2 saturated heterocycles. The van der Waals surface area contributed by atoms with E-state index in [0.29, 0.717) is 30.0 Å². The van der Waals surface area contributed by atoms with Gasteiger partial charge in [-0.1, -0.05) is 107 Å². The van der Waals surface area contributed by atoms with Gasteiger partial charge < -0.3 is 15.5 Å². The van der Waals surface area contributed by atoms with Crippen molar-refractivity contribution in [2.45, 2.75) is 93.8 Å². The fourth-order valence-electron chi connectivity index (χ4n) is 10.6. The second kappa shape index (κ2) is 21.7. The van der Waals surface area contributed by atoms with Crippen LogP contribution in [0.2, 0.25) is 0 Å². The first-order valence-corrected chi connectivity index (χ1v) is 27.2.